The summed E-state index contributed by atoms with van der Waals surface area (Å²) >= 11 is 0. The molecule has 0 amide bonds. The maximum Gasteiger partial charge on any atom is 0.338 e. The summed E-state index contributed by atoms with van der Waals surface area (Å²) in [4.78, 5) is 21.0. The van der Waals surface area contributed by atoms with E-state index in [1.54, 1.807) is 0 Å². The summed E-state index contributed by atoms with van der Waals surface area (Å²) in [5.74, 6) is -0.260. The summed E-state index contributed by atoms with van der Waals surface area (Å²) < 4.78 is 10.2. The lowest BCUT2D eigenvalue weighted by Gasteiger charge is -2.09. The number of carboxylic acid groups (broad SMARTS) is 1. The third-order valence-corrected chi connectivity index (χ3v) is 2.75. The SMILES string of the molecule is COc1ccc([N+](=O)[O-])cc1NCc1cc(C(=O)O)co1. The molecule has 0 aliphatic rings. The van der Waals surface area contributed by atoms with Gasteiger partial charge in [-0.05, 0) is 12.1 Å². The number of non-ortho nitro benzene ring substituents is 1. The second-order valence-electron chi connectivity index (χ2n) is 4.10. The lowest BCUT2D eigenvalue weighted by molar-refractivity contribution is -0.384. The Morgan fingerprint density at radius 1 is 1.48 bits per heavy atom. The molecule has 8 nitrogen and oxygen atoms in total. The Morgan fingerprint density at radius 3 is 2.81 bits per heavy atom. The zero-order valence-corrected chi connectivity index (χ0v) is 11.0. The molecule has 2 N–H and O–H groups in total. The first-order valence-electron chi connectivity index (χ1n) is 5.88. The van der Waals surface area contributed by atoms with Gasteiger partial charge in [-0.1, -0.05) is 0 Å². The molecule has 1 aromatic carbocycles. The highest BCUT2D eigenvalue weighted by atomic mass is 16.6. The predicted octanol–water partition coefficient (Wildman–Crippen LogP) is 2.51. The molecule has 1 heterocycles. The average Bonchev–Trinajstić information content (AvgIpc) is 2.93. The van der Waals surface area contributed by atoms with E-state index >= 15 is 0 Å². The number of nitrogens with zero attached hydrogens (tertiary/aromatic N) is 1. The van der Waals surface area contributed by atoms with Gasteiger partial charge < -0.3 is 19.6 Å². The molecule has 0 aliphatic heterocycles. The van der Waals surface area contributed by atoms with Gasteiger partial charge in [-0.25, -0.2) is 4.79 Å². The molecule has 0 bridgehead atoms. The molecule has 0 radical (unpaired) electrons. The third kappa shape index (κ3) is 3.30. The Kier molecular flexibility index (Phi) is 4.07. The number of benzene rings is 1. The number of rotatable bonds is 6. The van der Waals surface area contributed by atoms with E-state index in [0.717, 1.165) is 6.26 Å². The Balaban J connectivity index is 2.15. The first-order valence-corrected chi connectivity index (χ1v) is 5.88. The van der Waals surface area contributed by atoms with Gasteiger partial charge in [0.05, 0.1) is 29.8 Å². The average molecular weight is 292 g/mol. The van der Waals surface area contributed by atoms with Crippen molar-refractivity contribution in [3.63, 3.8) is 0 Å². The van der Waals surface area contributed by atoms with Crippen LogP contribution in [0.4, 0.5) is 11.4 Å². The van der Waals surface area contributed by atoms with Gasteiger partial charge in [0, 0.05) is 12.1 Å². The van der Waals surface area contributed by atoms with Gasteiger partial charge in [-0.15, -0.1) is 0 Å². The normalized spacial score (nSPS) is 10.1. The Morgan fingerprint density at radius 2 is 2.24 bits per heavy atom. The van der Waals surface area contributed by atoms with Crippen LogP contribution in [-0.2, 0) is 6.54 Å². The fourth-order valence-corrected chi connectivity index (χ4v) is 1.72. The van der Waals surface area contributed by atoms with Crippen molar-refractivity contribution in [2.75, 3.05) is 12.4 Å². The summed E-state index contributed by atoms with van der Waals surface area (Å²) in [6.45, 7) is 0.171. The van der Waals surface area contributed by atoms with Crippen LogP contribution in [0, 0.1) is 10.1 Å². The van der Waals surface area contributed by atoms with E-state index in [-0.39, 0.29) is 17.8 Å². The van der Waals surface area contributed by atoms with E-state index in [4.69, 9.17) is 14.3 Å². The van der Waals surface area contributed by atoms with Crippen molar-refractivity contribution in [3.8, 4) is 5.75 Å². The fraction of sp³-hybridized carbons (Fsp3) is 0.154. The van der Waals surface area contributed by atoms with Gasteiger partial charge >= 0.3 is 5.97 Å². The first kappa shape index (κ1) is 14.4. The predicted molar refractivity (Wildman–Crippen MR) is 72.6 cm³/mol. The number of carboxylic acids is 1. The van der Waals surface area contributed by atoms with E-state index in [9.17, 15) is 14.9 Å². The van der Waals surface area contributed by atoms with Crippen molar-refractivity contribution in [1.29, 1.82) is 0 Å². The third-order valence-electron chi connectivity index (χ3n) is 2.75. The van der Waals surface area contributed by atoms with Crippen LogP contribution in [0.15, 0.2) is 34.9 Å². The van der Waals surface area contributed by atoms with E-state index in [1.807, 2.05) is 0 Å². The van der Waals surface area contributed by atoms with Gasteiger partial charge in [0.2, 0.25) is 0 Å². The molecule has 0 unspecified atom stereocenters. The standard InChI is InChI=1S/C13H12N2O6/c1-20-12-3-2-9(15(18)19)5-11(12)14-6-10-4-8(7-21-10)13(16)17/h2-5,7,14H,6H2,1H3,(H,16,17). The van der Waals surface area contributed by atoms with Gasteiger partial charge in [-0.2, -0.15) is 0 Å². The summed E-state index contributed by atoms with van der Waals surface area (Å²) in [6.07, 6.45) is 1.13. The number of carbonyl (C=O) groups is 1. The number of nitro groups is 1. The molecule has 0 fully saturated rings. The summed E-state index contributed by atoms with van der Waals surface area (Å²) in [7, 11) is 1.45. The van der Waals surface area contributed by atoms with E-state index < -0.39 is 10.9 Å². The molecular weight excluding hydrogens is 280 g/mol. The zero-order valence-electron chi connectivity index (χ0n) is 11.0. The fourth-order valence-electron chi connectivity index (χ4n) is 1.72. The van der Waals surface area contributed by atoms with Crippen LogP contribution in [0.1, 0.15) is 16.1 Å². The van der Waals surface area contributed by atoms with Crippen molar-refractivity contribution in [2.45, 2.75) is 6.54 Å². The van der Waals surface area contributed by atoms with E-state index in [2.05, 4.69) is 5.32 Å². The number of nitro benzene ring substituents is 1. The quantitative estimate of drug-likeness (QED) is 0.620. The van der Waals surface area contributed by atoms with Crippen molar-refractivity contribution >= 4 is 17.3 Å². The van der Waals surface area contributed by atoms with Crippen molar-refractivity contribution in [1.82, 2.24) is 0 Å². The number of furan rings is 1. The second-order valence-corrected chi connectivity index (χ2v) is 4.10. The molecule has 8 heteroatoms. The molecule has 0 aliphatic carbocycles. The molecule has 0 saturated carbocycles. The largest absolute Gasteiger partial charge is 0.495 e. The summed E-state index contributed by atoms with van der Waals surface area (Å²) in [5, 5.41) is 22.5. The first-order chi connectivity index (χ1) is 10.0. The highest BCUT2D eigenvalue weighted by Crippen LogP contribution is 2.29. The van der Waals surface area contributed by atoms with Gasteiger partial charge in [0.15, 0.2) is 0 Å². The van der Waals surface area contributed by atoms with Gasteiger partial charge in [-0.3, -0.25) is 10.1 Å². The smallest absolute Gasteiger partial charge is 0.338 e. The maximum atomic E-state index is 10.8. The minimum Gasteiger partial charge on any atom is -0.495 e. The number of nitrogens with one attached hydrogen (secondary N) is 1. The molecule has 1 aromatic heterocycles. The van der Waals surface area contributed by atoms with Crippen LogP contribution in [0.2, 0.25) is 0 Å². The molecular formula is C13H12N2O6. The molecule has 110 valence electrons. The van der Waals surface area contributed by atoms with Crippen LogP contribution >= 0.6 is 0 Å². The number of hydrogen-bond acceptors (Lipinski definition) is 6. The number of hydrogen-bond donors (Lipinski definition) is 2. The Labute approximate surface area is 119 Å². The van der Waals surface area contributed by atoms with Gasteiger partial charge in [0.25, 0.3) is 5.69 Å². The zero-order chi connectivity index (χ0) is 15.4. The van der Waals surface area contributed by atoms with Crippen molar-refractivity contribution in [3.05, 3.63) is 52.0 Å². The Bertz CT molecular complexity index is 679. The lowest BCUT2D eigenvalue weighted by atomic mass is 10.2. The second kappa shape index (κ2) is 5.95. The van der Waals surface area contributed by atoms with Crippen LogP contribution in [0.5, 0.6) is 5.75 Å². The summed E-state index contributed by atoms with van der Waals surface area (Å²) in [5.41, 5.74) is 0.377. The van der Waals surface area contributed by atoms with Crippen LogP contribution in [0.25, 0.3) is 0 Å². The lowest BCUT2D eigenvalue weighted by Crippen LogP contribution is -2.01. The van der Waals surface area contributed by atoms with Crippen molar-refractivity contribution in [2.24, 2.45) is 0 Å². The molecule has 2 aromatic rings. The molecule has 0 spiro atoms. The highest BCUT2D eigenvalue weighted by molar-refractivity contribution is 5.87. The van der Waals surface area contributed by atoms with Crippen LogP contribution in [-0.4, -0.2) is 23.1 Å². The van der Waals surface area contributed by atoms with E-state index in [0.29, 0.717) is 17.2 Å². The minimum atomic E-state index is -1.09. The topological polar surface area (TPSA) is 115 Å². The number of anilines is 1. The van der Waals surface area contributed by atoms with E-state index in [1.165, 1.54) is 31.4 Å². The molecule has 0 atom stereocenters. The minimum absolute atomic E-state index is 0.0396. The van der Waals surface area contributed by atoms with Crippen LogP contribution < -0.4 is 10.1 Å². The number of aromatic carboxylic acids is 1. The Hall–Kier alpha value is -3.03. The molecule has 2 rings (SSSR count). The monoisotopic (exact) mass is 292 g/mol. The number of methoxy groups -OCH3 is 1. The highest BCUT2D eigenvalue weighted by Gasteiger charge is 2.12. The van der Waals surface area contributed by atoms with Crippen molar-refractivity contribution < 1.29 is 24.0 Å². The number of ether oxygens (including phenoxy) is 1. The molecule has 21 heavy (non-hydrogen) atoms. The summed E-state index contributed by atoms with van der Waals surface area (Å²) in [6, 6.07) is 5.52. The van der Waals surface area contributed by atoms with Gasteiger partial charge in [0.1, 0.15) is 17.8 Å². The molecule has 0 saturated heterocycles. The van der Waals surface area contributed by atoms with Crippen LogP contribution in [0.3, 0.4) is 0 Å². The maximum absolute atomic E-state index is 10.8.